The van der Waals surface area contributed by atoms with Crippen LogP contribution in [0.5, 0.6) is 0 Å². The first-order valence-electron chi connectivity index (χ1n) is 11.4. The zero-order valence-corrected chi connectivity index (χ0v) is 21.6. The van der Waals surface area contributed by atoms with Crippen LogP contribution >= 0.6 is 18.9 Å². The maximum atomic E-state index is 11.8. The number of allylic oxidation sites excluding steroid dienone is 2. The van der Waals surface area contributed by atoms with E-state index in [1.807, 2.05) is 0 Å². The molecule has 1 unspecified atom stereocenters. The predicted octanol–water partition coefficient (Wildman–Crippen LogP) is 7.50. The van der Waals surface area contributed by atoms with E-state index >= 15 is 0 Å². The summed E-state index contributed by atoms with van der Waals surface area (Å²) < 4.78 is 36.3. The van der Waals surface area contributed by atoms with Crippen LogP contribution in [0.15, 0.2) is 12.2 Å². The van der Waals surface area contributed by atoms with Gasteiger partial charge in [0.1, 0.15) is 19.3 Å². The number of unbranched alkanes of at least 4 members (excludes halogenated alkanes) is 11. The number of esters is 1. The second kappa shape index (κ2) is 25.8. The van der Waals surface area contributed by atoms with E-state index in [-0.39, 0.29) is 37.0 Å². The van der Waals surface area contributed by atoms with E-state index in [0.29, 0.717) is 6.42 Å². The van der Waals surface area contributed by atoms with Crippen LogP contribution in [-0.2, 0) is 23.4 Å². The summed E-state index contributed by atoms with van der Waals surface area (Å²) in [6, 6.07) is 0. The summed E-state index contributed by atoms with van der Waals surface area (Å²) in [4.78, 5) is 11.8. The Bertz CT molecular complexity index is 454. The Hall–Kier alpha value is -0.500. The average Bonchev–Trinajstić information content (AvgIpc) is 2.76. The van der Waals surface area contributed by atoms with Crippen LogP contribution in [0.1, 0.15) is 96.8 Å². The molecule has 4 N–H and O–H groups in total. The summed E-state index contributed by atoms with van der Waals surface area (Å²) in [6.45, 7) is 2.24. The summed E-state index contributed by atoms with van der Waals surface area (Å²) in [5.74, 6) is -0.266. The second-order valence-corrected chi connectivity index (χ2v) is 9.67. The van der Waals surface area contributed by atoms with Crippen LogP contribution in [0.2, 0.25) is 0 Å². The van der Waals surface area contributed by atoms with Gasteiger partial charge in [-0.2, -0.15) is 0 Å². The predicted molar refractivity (Wildman–Crippen MR) is 129 cm³/mol. The number of hydrogen-bond acceptors (Lipinski definition) is 7. The first-order valence-corrected chi connectivity index (χ1v) is 13.9. The first kappa shape index (κ1) is 32.7. The Morgan fingerprint density at radius 3 is 2.03 bits per heavy atom. The molecular formula is C22H45NO6PS+. The Balaban J connectivity index is 0. The number of carbonyl (C=O) groups is 1. The summed E-state index contributed by atoms with van der Waals surface area (Å²) in [6.07, 6.45) is 20.3. The van der Waals surface area contributed by atoms with E-state index in [0.717, 1.165) is 25.7 Å². The van der Waals surface area contributed by atoms with E-state index in [1.54, 1.807) is 0 Å². The van der Waals surface area contributed by atoms with Crippen molar-refractivity contribution in [2.45, 2.75) is 103 Å². The van der Waals surface area contributed by atoms with E-state index in [2.05, 4.69) is 19.1 Å². The molecule has 0 amide bonds. The highest BCUT2D eigenvalue weighted by atomic mass is 32.7. The van der Waals surface area contributed by atoms with Gasteiger partial charge in [0, 0.05) is 13.5 Å². The quantitative estimate of drug-likeness (QED) is 0.0557. The lowest BCUT2D eigenvalue weighted by molar-refractivity contribution is -0.148. The zero-order valence-electron chi connectivity index (χ0n) is 19.9. The molecule has 0 fully saturated rings. The second-order valence-electron chi connectivity index (χ2n) is 7.47. The molecule has 0 aromatic carbocycles. The Morgan fingerprint density at radius 2 is 1.48 bits per heavy atom. The van der Waals surface area contributed by atoms with Crippen molar-refractivity contribution >= 4 is 24.9 Å². The van der Waals surface area contributed by atoms with Crippen LogP contribution in [0.3, 0.4) is 0 Å². The molecule has 0 saturated heterocycles. The molecule has 0 aliphatic carbocycles. The molecule has 0 spiro atoms. The Kier molecular flexibility index (Phi) is 27.2. The van der Waals surface area contributed by atoms with E-state index in [4.69, 9.17) is 14.0 Å². The molecule has 0 saturated carbocycles. The monoisotopic (exact) mass is 482 g/mol. The number of ether oxygens (including phenoxy) is 2. The van der Waals surface area contributed by atoms with Crippen molar-refractivity contribution in [3.8, 4) is 0 Å². The summed E-state index contributed by atoms with van der Waals surface area (Å²) in [7, 11) is -0.834. The number of methoxy groups -OCH3 is 1. The zero-order chi connectivity index (χ0) is 22.3. The lowest BCUT2D eigenvalue weighted by atomic mass is 10.1. The van der Waals surface area contributed by atoms with Crippen molar-refractivity contribution in [3.63, 3.8) is 0 Å². The van der Waals surface area contributed by atoms with Gasteiger partial charge in [-0.15, -0.1) is 4.52 Å². The normalized spacial score (nSPS) is 12.5. The third-order valence-corrected chi connectivity index (χ3v) is 6.00. The molecule has 31 heavy (non-hydrogen) atoms. The molecule has 0 rings (SSSR count). The van der Waals surface area contributed by atoms with E-state index in [1.165, 1.54) is 64.9 Å². The minimum Gasteiger partial charge on any atom is -0.755 e. The van der Waals surface area contributed by atoms with Gasteiger partial charge in [-0.05, 0) is 36.7 Å². The van der Waals surface area contributed by atoms with Crippen LogP contribution in [0.4, 0.5) is 0 Å². The Morgan fingerprint density at radius 1 is 0.935 bits per heavy atom. The van der Waals surface area contributed by atoms with Gasteiger partial charge in [0.15, 0.2) is 0 Å². The Labute approximate surface area is 194 Å². The molecule has 184 valence electrons. The summed E-state index contributed by atoms with van der Waals surface area (Å²) >= 11 is -0.101. The van der Waals surface area contributed by atoms with Crippen LogP contribution in [-0.4, -0.2) is 36.9 Å². The largest absolute Gasteiger partial charge is 0.755 e. The first-order chi connectivity index (χ1) is 14.6. The van der Waals surface area contributed by atoms with Gasteiger partial charge in [-0.3, -0.25) is 4.79 Å². The highest BCUT2D eigenvalue weighted by Gasteiger charge is 2.19. The van der Waals surface area contributed by atoms with Gasteiger partial charge >= 0.3 is 13.2 Å². The van der Waals surface area contributed by atoms with Gasteiger partial charge in [0.2, 0.25) is 0 Å². The van der Waals surface area contributed by atoms with Crippen LogP contribution in [0, 0.1) is 0 Å². The fourth-order valence-corrected chi connectivity index (χ4v) is 3.59. The highest BCUT2D eigenvalue weighted by molar-refractivity contribution is 8.47. The van der Waals surface area contributed by atoms with Crippen molar-refractivity contribution in [3.05, 3.63) is 12.2 Å². The van der Waals surface area contributed by atoms with Gasteiger partial charge in [0.25, 0.3) is 0 Å². The smallest absolute Gasteiger partial charge is 0.570 e. The molecular weight excluding hydrogens is 437 g/mol. The van der Waals surface area contributed by atoms with Crippen molar-refractivity contribution in [2.75, 3.05) is 20.3 Å². The van der Waals surface area contributed by atoms with Crippen molar-refractivity contribution in [1.29, 1.82) is 0 Å². The van der Waals surface area contributed by atoms with Crippen molar-refractivity contribution in [1.82, 2.24) is 6.15 Å². The number of carbonyl (C=O) groups excluding carboxylic acids is 1. The van der Waals surface area contributed by atoms with Crippen LogP contribution in [0.25, 0.3) is 0 Å². The summed E-state index contributed by atoms with van der Waals surface area (Å²) in [5, 5.41) is 0. The highest BCUT2D eigenvalue weighted by Crippen LogP contribution is 2.35. The van der Waals surface area contributed by atoms with Gasteiger partial charge in [-0.25, -0.2) is 0 Å². The lowest BCUT2D eigenvalue weighted by Gasteiger charge is -2.12. The molecule has 0 radical (unpaired) electrons. The maximum Gasteiger partial charge on any atom is 0.570 e. The van der Waals surface area contributed by atoms with E-state index in [9.17, 15) is 13.9 Å². The third-order valence-electron chi connectivity index (χ3n) is 4.83. The van der Waals surface area contributed by atoms with Gasteiger partial charge in [-0.1, -0.05) is 70.4 Å². The van der Waals surface area contributed by atoms with Crippen LogP contribution < -0.4 is 6.15 Å². The topological polar surface area (TPSA) is 121 Å². The molecule has 0 aromatic heterocycles. The number of hydrogen-bond donors (Lipinski definition) is 1. The maximum absolute atomic E-state index is 11.8. The minimum absolute atomic E-state index is 0. The molecule has 2 atom stereocenters. The molecule has 0 aromatic rings. The molecule has 9 heteroatoms. The van der Waals surface area contributed by atoms with Crippen molar-refractivity contribution < 1.29 is 27.9 Å². The third kappa shape index (κ3) is 24.0. The standard InChI is InChI=1S/C22H41O6PS.H3N/c1-3-4-5-6-7-8-9-10-11-12-13-14-15-16-17-18-22(23)27-19-21(26-2)20-28-29(24)30-25;/h10-11,21H,3-9,12-20H2,1-2H3;1H3/p+1/b11-10-;/t21-;/m1./s1. The molecule has 0 aliphatic rings. The van der Waals surface area contributed by atoms with Gasteiger partial charge in [0.05, 0.1) is 11.7 Å². The molecule has 0 heterocycles. The fraction of sp³-hybridized carbons (Fsp3) is 0.864. The lowest BCUT2D eigenvalue weighted by Crippen LogP contribution is -2.25. The molecule has 0 bridgehead atoms. The van der Waals surface area contributed by atoms with E-state index < -0.39 is 13.3 Å². The minimum atomic E-state index is -2.28. The summed E-state index contributed by atoms with van der Waals surface area (Å²) in [5.41, 5.74) is 0. The molecule has 7 nitrogen and oxygen atoms in total. The fourth-order valence-electron chi connectivity index (χ4n) is 2.95. The van der Waals surface area contributed by atoms with Gasteiger partial charge < -0.3 is 20.2 Å². The SMILES string of the molecule is CCCCCCCC/C=C\CCCCCCCC(=O)OC[C@H](CO[P+](=O)S[O-])OC.[NH4+]. The number of quaternary nitrogens is 1. The molecule has 0 aliphatic heterocycles. The average molecular weight is 483 g/mol. The number of rotatable bonds is 22. The van der Waals surface area contributed by atoms with Crippen molar-refractivity contribution in [2.24, 2.45) is 0 Å².